The summed E-state index contributed by atoms with van der Waals surface area (Å²) in [6.07, 6.45) is 1.22. The van der Waals surface area contributed by atoms with E-state index >= 15 is 0 Å². The van der Waals surface area contributed by atoms with Crippen molar-refractivity contribution in [2.75, 3.05) is 0 Å². The smallest absolute Gasteiger partial charge is 0.220 e. The molecule has 0 fully saturated rings. The topological polar surface area (TPSA) is 42.0 Å². The lowest BCUT2D eigenvalue weighted by Crippen LogP contribution is -2.22. The third kappa shape index (κ3) is 4.46. The molecule has 4 heteroatoms. The van der Waals surface area contributed by atoms with Crippen LogP contribution in [0.5, 0.6) is 0 Å². The predicted molar refractivity (Wildman–Crippen MR) is 82.8 cm³/mol. The number of hydrogen-bond donors (Lipinski definition) is 1. The molecule has 0 bridgehead atoms. The first kappa shape index (κ1) is 14.7. The minimum atomic E-state index is 0.0788. The maximum absolute atomic E-state index is 11.8. The molecule has 1 N–H and O–H groups in total. The molecule has 1 aromatic carbocycles. The summed E-state index contributed by atoms with van der Waals surface area (Å²) in [7, 11) is 0. The van der Waals surface area contributed by atoms with Crippen LogP contribution >= 0.6 is 11.3 Å². The molecule has 106 valence electrons. The Morgan fingerprint density at radius 3 is 2.70 bits per heavy atom. The van der Waals surface area contributed by atoms with Crippen LogP contribution in [0.25, 0.3) is 0 Å². The number of nitrogens with zero attached hydrogens (tertiary/aromatic N) is 1. The highest BCUT2D eigenvalue weighted by molar-refractivity contribution is 7.09. The van der Waals surface area contributed by atoms with Crippen LogP contribution in [0.3, 0.4) is 0 Å². The molecular formula is C16H20N2OS. The zero-order chi connectivity index (χ0) is 14.4. The molecule has 0 unspecified atom stereocenters. The van der Waals surface area contributed by atoms with Crippen LogP contribution in [0, 0.1) is 0 Å². The predicted octanol–water partition coefficient (Wildman–Crippen LogP) is 3.52. The van der Waals surface area contributed by atoms with Crippen LogP contribution in [-0.2, 0) is 17.8 Å². The van der Waals surface area contributed by atoms with Crippen LogP contribution in [0.2, 0.25) is 0 Å². The fourth-order valence-corrected chi connectivity index (χ4v) is 2.77. The van der Waals surface area contributed by atoms with Gasteiger partial charge in [-0.15, -0.1) is 11.3 Å². The molecule has 2 aromatic rings. The van der Waals surface area contributed by atoms with Gasteiger partial charge < -0.3 is 5.32 Å². The second-order valence-electron chi connectivity index (χ2n) is 5.08. The van der Waals surface area contributed by atoms with E-state index in [1.54, 1.807) is 11.3 Å². The van der Waals surface area contributed by atoms with Gasteiger partial charge in [0.2, 0.25) is 5.91 Å². The standard InChI is InChI=1S/C16H20N2OS/c1-12(2)14-11-20-16(18-14)9-8-15(19)17-10-13-6-4-3-5-7-13/h3-7,11-12H,8-10H2,1-2H3,(H,17,19). The van der Waals surface area contributed by atoms with Gasteiger partial charge in [-0.2, -0.15) is 0 Å². The summed E-state index contributed by atoms with van der Waals surface area (Å²) < 4.78 is 0. The van der Waals surface area contributed by atoms with Gasteiger partial charge in [0.05, 0.1) is 10.7 Å². The van der Waals surface area contributed by atoms with Gasteiger partial charge in [0, 0.05) is 24.8 Å². The fraction of sp³-hybridized carbons (Fsp3) is 0.375. The van der Waals surface area contributed by atoms with Gasteiger partial charge in [-0.25, -0.2) is 4.98 Å². The molecular weight excluding hydrogens is 268 g/mol. The Morgan fingerprint density at radius 1 is 1.30 bits per heavy atom. The maximum atomic E-state index is 11.8. The fourth-order valence-electron chi connectivity index (χ4n) is 1.81. The summed E-state index contributed by atoms with van der Waals surface area (Å²) in [5, 5.41) is 6.07. The number of aryl methyl sites for hydroxylation is 1. The largest absolute Gasteiger partial charge is 0.352 e. The van der Waals surface area contributed by atoms with Crippen molar-refractivity contribution in [2.45, 2.75) is 39.2 Å². The van der Waals surface area contributed by atoms with Gasteiger partial charge in [-0.1, -0.05) is 44.2 Å². The molecule has 0 aliphatic rings. The summed E-state index contributed by atoms with van der Waals surface area (Å²) in [5.41, 5.74) is 2.24. The summed E-state index contributed by atoms with van der Waals surface area (Å²) in [5.74, 6) is 0.530. The first-order valence-corrected chi connectivity index (χ1v) is 7.78. The van der Waals surface area contributed by atoms with Crippen LogP contribution in [0.15, 0.2) is 35.7 Å². The zero-order valence-electron chi connectivity index (χ0n) is 11.9. The third-order valence-corrected chi connectivity index (χ3v) is 3.99. The van der Waals surface area contributed by atoms with E-state index in [2.05, 4.69) is 29.5 Å². The molecule has 0 spiro atoms. The lowest BCUT2D eigenvalue weighted by molar-refractivity contribution is -0.121. The van der Waals surface area contributed by atoms with E-state index in [1.807, 2.05) is 30.3 Å². The van der Waals surface area contributed by atoms with Crippen molar-refractivity contribution in [3.05, 3.63) is 52.0 Å². The highest BCUT2D eigenvalue weighted by Crippen LogP contribution is 2.18. The molecule has 0 atom stereocenters. The first-order valence-electron chi connectivity index (χ1n) is 6.90. The van der Waals surface area contributed by atoms with Crippen molar-refractivity contribution in [2.24, 2.45) is 0 Å². The number of carbonyl (C=O) groups excluding carboxylic acids is 1. The summed E-state index contributed by atoms with van der Waals surface area (Å²) >= 11 is 1.64. The molecule has 20 heavy (non-hydrogen) atoms. The molecule has 3 nitrogen and oxygen atoms in total. The Labute approximate surface area is 124 Å². The second-order valence-corrected chi connectivity index (χ2v) is 6.03. The van der Waals surface area contributed by atoms with Crippen molar-refractivity contribution >= 4 is 17.2 Å². The van der Waals surface area contributed by atoms with Crippen molar-refractivity contribution in [3.63, 3.8) is 0 Å². The Morgan fingerprint density at radius 2 is 2.05 bits per heavy atom. The second kappa shape index (κ2) is 7.20. The van der Waals surface area contributed by atoms with E-state index in [1.165, 1.54) is 0 Å². The summed E-state index contributed by atoms with van der Waals surface area (Å²) in [6.45, 7) is 4.85. The molecule has 0 saturated heterocycles. The normalized spacial score (nSPS) is 10.8. The lowest BCUT2D eigenvalue weighted by Gasteiger charge is -2.04. The van der Waals surface area contributed by atoms with Crippen LogP contribution in [0.1, 0.15) is 42.5 Å². The molecule has 2 rings (SSSR count). The molecule has 1 heterocycles. The number of thiazole rings is 1. The van der Waals surface area contributed by atoms with E-state index in [0.29, 0.717) is 18.9 Å². The number of rotatable bonds is 6. The minimum absolute atomic E-state index is 0.0788. The lowest BCUT2D eigenvalue weighted by atomic mass is 10.2. The number of carbonyl (C=O) groups is 1. The highest BCUT2D eigenvalue weighted by atomic mass is 32.1. The van der Waals surface area contributed by atoms with E-state index in [4.69, 9.17) is 0 Å². The van der Waals surface area contributed by atoms with Crippen molar-refractivity contribution in [1.29, 1.82) is 0 Å². The van der Waals surface area contributed by atoms with Gasteiger partial charge in [0.25, 0.3) is 0 Å². The third-order valence-electron chi connectivity index (χ3n) is 3.06. The average molecular weight is 288 g/mol. The van der Waals surface area contributed by atoms with Gasteiger partial charge in [-0.3, -0.25) is 4.79 Å². The maximum Gasteiger partial charge on any atom is 0.220 e. The number of aromatic nitrogens is 1. The highest BCUT2D eigenvalue weighted by Gasteiger charge is 2.08. The number of amides is 1. The molecule has 0 aliphatic heterocycles. The molecule has 1 amide bonds. The molecule has 0 aliphatic carbocycles. The number of hydrogen-bond acceptors (Lipinski definition) is 3. The monoisotopic (exact) mass is 288 g/mol. The van der Waals surface area contributed by atoms with E-state index in [-0.39, 0.29) is 5.91 Å². The molecule has 0 radical (unpaired) electrons. The first-order chi connectivity index (χ1) is 9.65. The Bertz CT molecular complexity index is 549. The minimum Gasteiger partial charge on any atom is -0.352 e. The van der Waals surface area contributed by atoms with E-state index in [9.17, 15) is 4.79 Å². The van der Waals surface area contributed by atoms with E-state index < -0.39 is 0 Å². The quantitative estimate of drug-likeness (QED) is 0.883. The number of nitrogens with one attached hydrogen (secondary N) is 1. The SMILES string of the molecule is CC(C)c1csc(CCC(=O)NCc2ccccc2)n1. The van der Waals surface area contributed by atoms with Gasteiger partial charge >= 0.3 is 0 Å². The van der Waals surface area contributed by atoms with Crippen molar-refractivity contribution in [3.8, 4) is 0 Å². The Hall–Kier alpha value is -1.68. The Balaban J connectivity index is 1.74. The van der Waals surface area contributed by atoms with Crippen LogP contribution in [0.4, 0.5) is 0 Å². The average Bonchev–Trinajstić information content (AvgIpc) is 2.93. The Kier molecular flexibility index (Phi) is 5.30. The van der Waals surface area contributed by atoms with Crippen molar-refractivity contribution < 1.29 is 4.79 Å². The van der Waals surface area contributed by atoms with Gasteiger partial charge in [0.15, 0.2) is 0 Å². The van der Waals surface area contributed by atoms with Crippen molar-refractivity contribution in [1.82, 2.24) is 10.3 Å². The summed E-state index contributed by atoms with van der Waals surface area (Å²) in [4.78, 5) is 16.3. The number of benzene rings is 1. The van der Waals surface area contributed by atoms with Gasteiger partial charge in [-0.05, 0) is 11.5 Å². The van der Waals surface area contributed by atoms with Gasteiger partial charge in [0.1, 0.15) is 0 Å². The van der Waals surface area contributed by atoms with Crippen LogP contribution in [-0.4, -0.2) is 10.9 Å². The zero-order valence-corrected chi connectivity index (χ0v) is 12.7. The molecule has 0 saturated carbocycles. The van der Waals surface area contributed by atoms with E-state index in [0.717, 1.165) is 22.7 Å². The molecule has 1 aromatic heterocycles. The summed E-state index contributed by atoms with van der Waals surface area (Å²) in [6, 6.07) is 9.95. The van der Waals surface area contributed by atoms with Crippen LogP contribution < -0.4 is 5.32 Å².